The quantitative estimate of drug-likeness (QED) is 0.878. The summed E-state index contributed by atoms with van der Waals surface area (Å²) in [5.74, 6) is 1.31. The average molecular weight is 309 g/mol. The maximum absolute atomic E-state index is 6.15. The summed E-state index contributed by atoms with van der Waals surface area (Å²) in [5, 5.41) is 7.57. The summed E-state index contributed by atoms with van der Waals surface area (Å²) in [6.45, 7) is 1.93. The number of rotatable bonds is 4. The molecule has 1 aromatic carbocycles. The Bertz CT molecular complexity index is 621. The summed E-state index contributed by atoms with van der Waals surface area (Å²) in [6.07, 6.45) is 2.35. The fourth-order valence-corrected chi connectivity index (χ4v) is 2.34. The van der Waals surface area contributed by atoms with Gasteiger partial charge in [0.05, 0.1) is 15.7 Å². The van der Waals surface area contributed by atoms with Crippen molar-refractivity contribution in [2.75, 3.05) is 10.6 Å². The third-order valence-electron chi connectivity index (χ3n) is 2.98. The van der Waals surface area contributed by atoms with E-state index in [2.05, 4.69) is 20.6 Å². The number of aromatic nitrogens is 2. The summed E-state index contributed by atoms with van der Waals surface area (Å²) in [6, 6.07) is 7.74. The van der Waals surface area contributed by atoms with E-state index in [1.54, 1.807) is 18.2 Å². The molecule has 0 aliphatic heterocycles. The molecule has 1 saturated carbocycles. The van der Waals surface area contributed by atoms with Crippen molar-refractivity contribution in [2.24, 2.45) is 0 Å². The molecule has 20 heavy (non-hydrogen) atoms. The minimum atomic E-state index is 0.508. The monoisotopic (exact) mass is 308 g/mol. The number of anilines is 3. The number of nitrogens with one attached hydrogen (secondary N) is 2. The van der Waals surface area contributed by atoms with Crippen LogP contribution in [0.4, 0.5) is 17.5 Å². The van der Waals surface area contributed by atoms with Crippen LogP contribution in [0, 0.1) is 6.92 Å². The highest BCUT2D eigenvalue weighted by Gasteiger charge is 2.22. The van der Waals surface area contributed by atoms with Gasteiger partial charge < -0.3 is 10.6 Å². The average Bonchev–Trinajstić information content (AvgIpc) is 3.17. The van der Waals surface area contributed by atoms with Crippen molar-refractivity contribution >= 4 is 40.7 Å². The Kier molecular flexibility index (Phi) is 3.68. The van der Waals surface area contributed by atoms with Gasteiger partial charge in [0.1, 0.15) is 5.82 Å². The van der Waals surface area contributed by atoms with E-state index in [9.17, 15) is 0 Å². The van der Waals surface area contributed by atoms with Gasteiger partial charge in [-0.25, -0.2) is 4.98 Å². The number of nitrogens with zero attached hydrogens (tertiary/aromatic N) is 2. The first-order chi connectivity index (χ1) is 9.61. The molecular weight excluding hydrogens is 295 g/mol. The van der Waals surface area contributed by atoms with Gasteiger partial charge in [-0.15, -0.1) is 0 Å². The van der Waals surface area contributed by atoms with Crippen molar-refractivity contribution in [1.29, 1.82) is 0 Å². The molecule has 6 heteroatoms. The lowest BCUT2D eigenvalue weighted by molar-refractivity contribution is 1.03. The van der Waals surface area contributed by atoms with Crippen LogP contribution < -0.4 is 10.6 Å². The number of halogens is 2. The van der Waals surface area contributed by atoms with Gasteiger partial charge >= 0.3 is 0 Å². The third-order valence-corrected chi connectivity index (χ3v) is 3.61. The Morgan fingerprint density at radius 3 is 2.50 bits per heavy atom. The fraction of sp³-hybridized carbons (Fsp3) is 0.286. The van der Waals surface area contributed by atoms with Crippen LogP contribution in [-0.4, -0.2) is 16.0 Å². The molecule has 1 heterocycles. The first-order valence-corrected chi connectivity index (χ1v) is 7.20. The minimum absolute atomic E-state index is 0.508. The van der Waals surface area contributed by atoms with Gasteiger partial charge in [-0.1, -0.05) is 29.3 Å². The fourth-order valence-electron chi connectivity index (χ4n) is 1.85. The molecule has 1 aliphatic rings. The van der Waals surface area contributed by atoms with E-state index >= 15 is 0 Å². The second kappa shape index (κ2) is 5.46. The lowest BCUT2D eigenvalue weighted by atomic mass is 10.3. The molecule has 0 spiro atoms. The van der Waals surface area contributed by atoms with Gasteiger partial charge in [-0.3, -0.25) is 0 Å². The van der Waals surface area contributed by atoms with Crippen LogP contribution in [0.3, 0.4) is 0 Å². The smallest absolute Gasteiger partial charge is 0.225 e. The lowest BCUT2D eigenvalue weighted by Gasteiger charge is -2.11. The third kappa shape index (κ3) is 3.14. The molecule has 1 fully saturated rings. The molecule has 0 saturated heterocycles. The van der Waals surface area contributed by atoms with Crippen LogP contribution in [0.5, 0.6) is 0 Å². The SMILES string of the molecule is Cc1cc(Nc2c(Cl)cccc2Cl)nc(NC2CC2)n1. The molecule has 0 atom stereocenters. The highest BCUT2D eigenvalue weighted by molar-refractivity contribution is 6.39. The summed E-state index contributed by atoms with van der Waals surface area (Å²) in [5.41, 5.74) is 1.54. The standard InChI is InChI=1S/C14H14Cl2N4/c1-8-7-12(20-14(17-8)18-9-5-6-9)19-13-10(15)3-2-4-11(13)16/h2-4,7,9H,5-6H2,1H3,(H2,17,18,19,20). The van der Waals surface area contributed by atoms with E-state index in [0.29, 0.717) is 33.5 Å². The van der Waals surface area contributed by atoms with E-state index in [1.807, 2.05) is 13.0 Å². The normalized spacial score (nSPS) is 14.2. The summed E-state index contributed by atoms with van der Waals surface area (Å²) in [7, 11) is 0. The molecular formula is C14H14Cl2N4. The summed E-state index contributed by atoms with van der Waals surface area (Å²) < 4.78 is 0. The molecule has 0 amide bonds. The number of aryl methyl sites for hydroxylation is 1. The molecule has 0 bridgehead atoms. The van der Waals surface area contributed by atoms with Crippen molar-refractivity contribution in [3.63, 3.8) is 0 Å². The molecule has 2 N–H and O–H groups in total. The Balaban J connectivity index is 1.87. The molecule has 3 rings (SSSR count). The predicted octanol–water partition coefficient (Wildman–Crippen LogP) is 4.41. The molecule has 2 aromatic rings. The number of benzene rings is 1. The second-order valence-electron chi connectivity index (χ2n) is 4.86. The maximum atomic E-state index is 6.15. The van der Waals surface area contributed by atoms with E-state index in [-0.39, 0.29) is 0 Å². The molecule has 1 aromatic heterocycles. The Morgan fingerprint density at radius 1 is 1.15 bits per heavy atom. The van der Waals surface area contributed by atoms with Crippen molar-refractivity contribution in [3.05, 3.63) is 40.0 Å². The van der Waals surface area contributed by atoms with Crippen LogP contribution in [0.25, 0.3) is 0 Å². The van der Waals surface area contributed by atoms with Gasteiger partial charge in [-0.2, -0.15) is 4.98 Å². The Labute approximate surface area is 127 Å². The van der Waals surface area contributed by atoms with Gasteiger partial charge in [0.25, 0.3) is 0 Å². The van der Waals surface area contributed by atoms with Crippen molar-refractivity contribution in [2.45, 2.75) is 25.8 Å². The van der Waals surface area contributed by atoms with Crippen molar-refractivity contribution < 1.29 is 0 Å². The molecule has 104 valence electrons. The summed E-state index contributed by atoms with van der Waals surface area (Å²) >= 11 is 12.3. The van der Waals surface area contributed by atoms with E-state index in [0.717, 1.165) is 5.69 Å². The highest BCUT2D eigenvalue weighted by atomic mass is 35.5. The van der Waals surface area contributed by atoms with Crippen LogP contribution in [-0.2, 0) is 0 Å². The topological polar surface area (TPSA) is 49.8 Å². The van der Waals surface area contributed by atoms with Crippen LogP contribution >= 0.6 is 23.2 Å². The number of para-hydroxylation sites is 1. The van der Waals surface area contributed by atoms with Crippen molar-refractivity contribution in [3.8, 4) is 0 Å². The van der Waals surface area contributed by atoms with Crippen LogP contribution in [0.2, 0.25) is 10.0 Å². The van der Waals surface area contributed by atoms with E-state index < -0.39 is 0 Å². The Morgan fingerprint density at radius 2 is 1.85 bits per heavy atom. The zero-order chi connectivity index (χ0) is 14.1. The first kappa shape index (κ1) is 13.5. The predicted molar refractivity (Wildman–Crippen MR) is 83.2 cm³/mol. The van der Waals surface area contributed by atoms with E-state index in [4.69, 9.17) is 23.2 Å². The highest BCUT2D eigenvalue weighted by Crippen LogP contribution is 2.32. The molecule has 4 nitrogen and oxygen atoms in total. The van der Waals surface area contributed by atoms with Gasteiger partial charge in [0, 0.05) is 17.8 Å². The van der Waals surface area contributed by atoms with Crippen LogP contribution in [0.1, 0.15) is 18.5 Å². The van der Waals surface area contributed by atoms with Crippen LogP contribution in [0.15, 0.2) is 24.3 Å². The maximum Gasteiger partial charge on any atom is 0.225 e. The zero-order valence-corrected chi connectivity index (χ0v) is 12.5. The molecule has 1 aliphatic carbocycles. The number of hydrogen-bond donors (Lipinski definition) is 2. The molecule has 0 unspecified atom stereocenters. The number of hydrogen-bond acceptors (Lipinski definition) is 4. The van der Waals surface area contributed by atoms with Gasteiger partial charge in [0.15, 0.2) is 0 Å². The largest absolute Gasteiger partial charge is 0.351 e. The lowest BCUT2D eigenvalue weighted by Crippen LogP contribution is -2.07. The van der Waals surface area contributed by atoms with E-state index in [1.165, 1.54) is 12.8 Å². The second-order valence-corrected chi connectivity index (χ2v) is 5.67. The first-order valence-electron chi connectivity index (χ1n) is 6.45. The van der Waals surface area contributed by atoms with Gasteiger partial charge in [-0.05, 0) is 31.9 Å². The minimum Gasteiger partial charge on any atom is -0.351 e. The summed E-state index contributed by atoms with van der Waals surface area (Å²) in [4.78, 5) is 8.81. The van der Waals surface area contributed by atoms with Crippen molar-refractivity contribution in [1.82, 2.24) is 9.97 Å². The van der Waals surface area contributed by atoms with Gasteiger partial charge in [0.2, 0.25) is 5.95 Å². The molecule has 0 radical (unpaired) electrons. The zero-order valence-electron chi connectivity index (χ0n) is 11.0. The Hall–Kier alpha value is -1.52.